The van der Waals surface area contributed by atoms with Gasteiger partial charge in [-0.25, -0.2) is 4.98 Å². The van der Waals surface area contributed by atoms with Crippen LogP contribution < -0.4 is 10.6 Å². The topological polar surface area (TPSA) is 94.6 Å². The van der Waals surface area contributed by atoms with E-state index in [4.69, 9.17) is 4.98 Å². The van der Waals surface area contributed by atoms with Gasteiger partial charge in [-0.1, -0.05) is 43.3 Å². The molecule has 1 saturated heterocycles. The molecular formula is C27H36N4O3. The first-order chi connectivity index (χ1) is 16.5. The predicted octanol–water partition coefficient (Wildman–Crippen LogP) is 3.66. The first-order valence-corrected chi connectivity index (χ1v) is 12.5. The zero-order valence-electron chi connectivity index (χ0n) is 20.0. The van der Waals surface area contributed by atoms with Gasteiger partial charge < -0.3 is 20.6 Å². The van der Waals surface area contributed by atoms with Crippen molar-refractivity contribution in [2.75, 3.05) is 31.5 Å². The summed E-state index contributed by atoms with van der Waals surface area (Å²) in [5.74, 6) is 0.370. The number of hydrogen-bond acceptors (Lipinski definition) is 5. The van der Waals surface area contributed by atoms with Crippen LogP contribution in [0, 0.1) is 11.8 Å². The highest BCUT2D eigenvalue weighted by Gasteiger charge is 2.31. The zero-order valence-corrected chi connectivity index (χ0v) is 20.0. The highest BCUT2D eigenvalue weighted by molar-refractivity contribution is 5.80. The van der Waals surface area contributed by atoms with Gasteiger partial charge in [-0.05, 0) is 61.8 Å². The van der Waals surface area contributed by atoms with E-state index < -0.39 is 12.0 Å². The Bertz CT molecular complexity index is 981. The van der Waals surface area contributed by atoms with Gasteiger partial charge in [0.05, 0.1) is 18.4 Å². The SMILES string of the molecule is C[C@H]1C[C@@H](C(=O)N[C@@H](CC(=O)O)c2ccccc2)CN(CCCc2ccc3c(n2)NCCC3)C1. The number of rotatable bonds is 9. The summed E-state index contributed by atoms with van der Waals surface area (Å²) in [6.07, 6.45) is 4.89. The van der Waals surface area contributed by atoms with Crippen molar-refractivity contribution in [1.29, 1.82) is 0 Å². The Morgan fingerprint density at radius 2 is 2.03 bits per heavy atom. The molecule has 182 valence electrons. The number of nitrogens with zero attached hydrogens (tertiary/aromatic N) is 2. The lowest BCUT2D eigenvalue weighted by Gasteiger charge is -2.36. The summed E-state index contributed by atoms with van der Waals surface area (Å²) in [4.78, 5) is 31.7. The van der Waals surface area contributed by atoms with E-state index in [0.29, 0.717) is 12.5 Å². The number of nitrogens with one attached hydrogen (secondary N) is 2. The fraction of sp³-hybridized carbons (Fsp3) is 0.519. The van der Waals surface area contributed by atoms with Crippen LogP contribution in [0.25, 0.3) is 0 Å². The fourth-order valence-electron chi connectivity index (χ4n) is 5.23. The number of likely N-dealkylation sites (tertiary alicyclic amines) is 1. The van der Waals surface area contributed by atoms with E-state index in [0.717, 1.165) is 68.8 Å². The van der Waals surface area contributed by atoms with Crippen LogP contribution in [0.4, 0.5) is 5.82 Å². The molecule has 1 amide bonds. The minimum atomic E-state index is -0.918. The average Bonchev–Trinajstić information content (AvgIpc) is 2.83. The number of hydrogen-bond donors (Lipinski definition) is 3. The number of carboxylic acid groups (broad SMARTS) is 1. The van der Waals surface area contributed by atoms with E-state index in [1.165, 1.54) is 5.56 Å². The van der Waals surface area contributed by atoms with Crippen molar-refractivity contribution in [2.24, 2.45) is 11.8 Å². The maximum Gasteiger partial charge on any atom is 0.305 e. The number of aryl methyl sites for hydroxylation is 2. The molecule has 2 aliphatic heterocycles. The monoisotopic (exact) mass is 464 g/mol. The van der Waals surface area contributed by atoms with Gasteiger partial charge >= 0.3 is 5.97 Å². The number of carbonyl (C=O) groups is 2. The van der Waals surface area contributed by atoms with Gasteiger partial charge in [0.1, 0.15) is 5.82 Å². The maximum atomic E-state index is 13.1. The van der Waals surface area contributed by atoms with E-state index in [9.17, 15) is 14.7 Å². The predicted molar refractivity (Wildman–Crippen MR) is 133 cm³/mol. The van der Waals surface area contributed by atoms with Crippen LogP contribution in [0.1, 0.15) is 55.5 Å². The molecule has 3 N–H and O–H groups in total. The third-order valence-corrected chi connectivity index (χ3v) is 6.86. The third kappa shape index (κ3) is 6.56. The Morgan fingerprint density at radius 1 is 1.21 bits per heavy atom. The summed E-state index contributed by atoms with van der Waals surface area (Å²) in [5, 5.41) is 15.8. The molecule has 4 rings (SSSR count). The molecule has 0 bridgehead atoms. The second kappa shape index (κ2) is 11.5. The number of piperidine rings is 1. The number of carbonyl (C=O) groups excluding carboxylic acids is 1. The summed E-state index contributed by atoms with van der Waals surface area (Å²) in [6.45, 7) is 5.81. The Morgan fingerprint density at radius 3 is 2.82 bits per heavy atom. The lowest BCUT2D eigenvalue weighted by atomic mass is 9.89. The van der Waals surface area contributed by atoms with Crippen molar-refractivity contribution in [1.82, 2.24) is 15.2 Å². The van der Waals surface area contributed by atoms with E-state index in [1.807, 2.05) is 30.3 Å². The first kappa shape index (κ1) is 24.2. The molecule has 1 aromatic heterocycles. The summed E-state index contributed by atoms with van der Waals surface area (Å²) in [7, 11) is 0. The van der Waals surface area contributed by atoms with Crippen molar-refractivity contribution in [2.45, 2.75) is 51.5 Å². The van der Waals surface area contributed by atoms with Crippen LogP contribution in [0.3, 0.4) is 0 Å². The van der Waals surface area contributed by atoms with Gasteiger partial charge in [-0.3, -0.25) is 9.59 Å². The Balaban J connectivity index is 1.31. The summed E-state index contributed by atoms with van der Waals surface area (Å²) in [5.41, 5.74) is 3.25. The lowest BCUT2D eigenvalue weighted by Crippen LogP contribution is -2.47. The van der Waals surface area contributed by atoms with Gasteiger partial charge in [0.2, 0.25) is 5.91 Å². The van der Waals surface area contributed by atoms with Gasteiger partial charge in [-0.2, -0.15) is 0 Å². The molecule has 0 radical (unpaired) electrons. The number of amides is 1. The van der Waals surface area contributed by atoms with Crippen LogP contribution in [0.2, 0.25) is 0 Å². The number of aromatic nitrogens is 1. The molecule has 2 aliphatic rings. The Hall–Kier alpha value is -2.93. The first-order valence-electron chi connectivity index (χ1n) is 12.5. The van der Waals surface area contributed by atoms with E-state index >= 15 is 0 Å². The van der Waals surface area contributed by atoms with Gasteiger partial charge in [-0.15, -0.1) is 0 Å². The van der Waals surface area contributed by atoms with Crippen LogP contribution >= 0.6 is 0 Å². The molecule has 1 fully saturated rings. The molecule has 0 saturated carbocycles. The van der Waals surface area contributed by atoms with E-state index in [1.54, 1.807) is 0 Å². The number of aliphatic carboxylic acids is 1. The Labute approximate surface area is 202 Å². The number of pyridine rings is 1. The third-order valence-electron chi connectivity index (χ3n) is 6.86. The van der Waals surface area contributed by atoms with Crippen molar-refractivity contribution in [3.8, 4) is 0 Å². The fourth-order valence-corrected chi connectivity index (χ4v) is 5.23. The summed E-state index contributed by atoms with van der Waals surface area (Å²) >= 11 is 0. The number of anilines is 1. The number of carboxylic acids is 1. The standard InChI is InChI=1S/C27H36N4O3/c1-19-15-22(27(34)30-24(16-25(32)33)20-7-3-2-4-8-20)18-31(17-19)14-6-10-23-12-11-21-9-5-13-28-26(21)29-23/h2-4,7-8,11-12,19,22,24H,5-6,9-10,13-18H2,1H3,(H,28,29)(H,30,34)(H,32,33)/t19-,22+,24-/m0/s1. The quantitative estimate of drug-likeness (QED) is 0.524. The van der Waals surface area contributed by atoms with Crippen molar-refractivity contribution in [3.63, 3.8) is 0 Å². The molecule has 0 spiro atoms. The van der Waals surface area contributed by atoms with Crippen LogP contribution in [0.5, 0.6) is 0 Å². The molecule has 3 heterocycles. The van der Waals surface area contributed by atoms with Gasteiger partial charge in [0.15, 0.2) is 0 Å². The Kier molecular flexibility index (Phi) is 8.16. The number of benzene rings is 1. The van der Waals surface area contributed by atoms with Crippen LogP contribution in [0.15, 0.2) is 42.5 Å². The van der Waals surface area contributed by atoms with Crippen molar-refractivity contribution >= 4 is 17.7 Å². The minimum Gasteiger partial charge on any atom is -0.481 e. The average molecular weight is 465 g/mol. The molecule has 7 heteroatoms. The largest absolute Gasteiger partial charge is 0.481 e. The van der Waals surface area contributed by atoms with E-state index in [2.05, 4.69) is 34.6 Å². The van der Waals surface area contributed by atoms with Crippen molar-refractivity contribution < 1.29 is 14.7 Å². The van der Waals surface area contributed by atoms with Gasteiger partial charge in [0.25, 0.3) is 0 Å². The van der Waals surface area contributed by atoms with E-state index in [-0.39, 0.29) is 18.2 Å². The smallest absolute Gasteiger partial charge is 0.305 e. The highest BCUT2D eigenvalue weighted by Crippen LogP contribution is 2.25. The molecule has 3 atom stereocenters. The molecule has 0 unspecified atom stereocenters. The van der Waals surface area contributed by atoms with Gasteiger partial charge in [0, 0.05) is 25.3 Å². The molecule has 1 aromatic carbocycles. The summed E-state index contributed by atoms with van der Waals surface area (Å²) < 4.78 is 0. The molecule has 34 heavy (non-hydrogen) atoms. The molecule has 2 aromatic rings. The molecule has 0 aliphatic carbocycles. The molecule has 7 nitrogen and oxygen atoms in total. The highest BCUT2D eigenvalue weighted by atomic mass is 16.4. The second-order valence-electron chi connectivity index (χ2n) is 9.81. The van der Waals surface area contributed by atoms with Crippen molar-refractivity contribution in [3.05, 3.63) is 59.3 Å². The number of fused-ring (bicyclic) bond motifs is 1. The normalized spacial score (nSPS) is 21.2. The lowest BCUT2D eigenvalue weighted by molar-refractivity contribution is -0.138. The zero-order chi connectivity index (χ0) is 23.9. The second-order valence-corrected chi connectivity index (χ2v) is 9.81. The summed E-state index contributed by atoms with van der Waals surface area (Å²) in [6, 6.07) is 13.2. The maximum absolute atomic E-state index is 13.1. The minimum absolute atomic E-state index is 0.0471. The van der Waals surface area contributed by atoms with Crippen LogP contribution in [-0.4, -0.2) is 53.0 Å². The van der Waals surface area contributed by atoms with Crippen LogP contribution in [-0.2, 0) is 22.4 Å². The molecular weight excluding hydrogens is 428 g/mol.